The average molecular weight is 219 g/mol. The lowest BCUT2D eigenvalue weighted by Gasteiger charge is -2.21. The van der Waals surface area contributed by atoms with Crippen LogP contribution in [-0.2, 0) is 6.42 Å². The third kappa shape index (κ3) is 1.83. The van der Waals surface area contributed by atoms with Crippen molar-refractivity contribution in [2.75, 3.05) is 30.8 Å². The van der Waals surface area contributed by atoms with Crippen molar-refractivity contribution in [3.8, 4) is 0 Å². The summed E-state index contributed by atoms with van der Waals surface area (Å²) in [5.74, 6) is 0.0276. The monoisotopic (exact) mass is 219 g/mol. The van der Waals surface area contributed by atoms with Crippen LogP contribution < -0.4 is 16.0 Å². The molecule has 4 heteroatoms. The molecular weight excluding hydrogens is 202 g/mol. The second-order valence-corrected chi connectivity index (χ2v) is 3.84. The molecule has 0 saturated heterocycles. The van der Waals surface area contributed by atoms with Crippen LogP contribution >= 0.6 is 0 Å². The molecule has 86 valence electrons. The standard InChI is InChI=1S/C12H17N3O/c1-3-14-10-7-9(13-2)6-8-4-5-15-12(16)11(8)10/h6-7,13-14H,3-5H2,1-2H3,(H,15,16). The van der Waals surface area contributed by atoms with E-state index in [2.05, 4.69) is 22.0 Å². The summed E-state index contributed by atoms with van der Waals surface area (Å²) in [5.41, 5.74) is 3.88. The van der Waals surface area contributed by atoms with Crippen LogP contribution in [0.2, 0.25) is 0 Å². The van der Waals surface area contributed by atoms with Gasteiger partial charge in [-0.15, -0.1) is 0 Å². The Morgan fingerprint density at radius 3 is 2.94 bits per heavy atom. The number of hydrogen-bond donors (Lipinski definition) is 3. The van der Waals surface area contributed by atoms with Gasteiger partial charge in [-0.1, -0.05) is 0 Å². The lowest BCUT2D eigenvalue weighted by Crippen LogP contribution is -2.32. The number of carbonyl (C=O) groups excluding carboxylic acids is 1. The Morgan fingerprint density at radius 1 is 1.44 bits per heavy atom. The van der Waals surface area contributed by atoms with Gasteiger partial charge in [0.15, 0.2) is 0 Å². The molecule has 1 aliphatic heterocycles. The second-order valence-electron chi connectivity index (χ2n) is 3.84. The highest BCUT2D eigenvalue weighted by molar-refractivity contribution is 6.02. The van der Waals surface area contributed by atoms with Gasteiger partial charge in [0.25, 0.3) is 5.91 Å². The van der Waals surface area contributed by atoms with Crippen molar-refractivity contribution in [2.45, 2.75) is 13.3 Å². The van der Waals surface area contributed by atoms with Gasteiger partial charge in [-0.3, -0.25) is 4.79 Å². The third-order valence-corrected chi connectivity index (χ3v) is 2.78. The zero-order chi connectivity index (χ0) is 11.5. The van der Waals surface area contributed by atoms with Crippen molar-refractivity contribution >= 4 is 17.3 Å². The highest BCUT2D eigenvalue weighted by atomic mass is 16.1. The van der Waals surface area contributed by atoms with Crippen LogP contribution in [0.15, 0.2) is 12.1 Å². The fraction of sp³-hybridized carbons (Fsp3) is 0.417. The topological polar surface area (TPSA) is 53.2 Å². The molecule has 0 aliphatic carbocycles. The van der Waals surface area contributed by atoms with Crippen LogP contribution in [0.25, 0.3) is 0 Å². The predicted octanol–water partition coefficient (Wildman–Crippen LogP) is 1.45. The Bertz CT molecular complexity index is 415. The Hall–Kier alpha value is -1.71. The Kier molecular flexibility index (Phi) is 2.99. The highest BCUT2D eigenvalue weighted by Gasteiger charge is 2.20. The van der Waals surface area contributed by atoms with Gasteiger partial charge in [-0.25, -0.2) is 0 Å². The maximum atomic E-state index is 11.8. The smallest absolute Gasteiger partial charge is 0.253 e. The summed E-state index contributed by atoms with van der Waals surface area (Å²) in [6.45, 7) is 3.57. The number of carbonyl (C=O) groups is 1. The van der Waals surface area contributed by atoms with Crippen LogP contribution in [0, 0.1) is 0 Å². The normalized spacial score (nSPS) is 14.0. The first-order valence-electron chi connectivity index (χ1n) is 5.63. The van der Waals surface area contributed by atoms with Gasteiger partial charge < -0.3 is 16.0 Å². The number of hydrogen-bond acceptors (Lipinski definition) is 3. The van der Waals surface area contributed by atoms with Crippen LogP contribution in [0.4, 0.5) is 11.4 Å². The van der Waals surface area contributed by atoms with E-state index in [9.17, 15) is 4.79 Å². The third-order valence-electron chi connectivity index (χ3n) is 2.78. The van der Waals surface area contributed by atoms with E-state index in [4.69, 9.17) is 0 Å². The van der Waals surface area contributed by atoms with Crippen molar-refractivity contribution in [3.05, 3.63) is 23.3 Å². The molecule has 0 bridgehead atoms. The number of benzene rings is 1. The number of amides is 1. The number of rotatable bonds is 3. The van der Waals surface area contributed by atoms with Crippen LogP contribution in [-0.4, -0.2) is 26.0 Å². The zero-order valence-corrected chi connectivity index (χ0v) is 9.68. The quantitative estimate of drug-likeness (QED) is 0.721. The first kappa shape index (κ1) is 10.8. The van der Waals surface area contributed by atoms with E-state index in [-0.39, 0.29) is 5.91 Å². The van der Waals surface area contributed by atoms with Gasteiger partial charge in [0.05, 0.1) is 5.56 Å². The fourth-order valence-corrected chi connectivity index (χ4v) is 2.04. The molecule has 1 aliphatic rings. The van der Waals surface area contributed by atoms with Crippen molar-refractivity contribution in [2.24, 2.45) is 0 Å². The maximum absolute atomic E-state index is 11.8. The largest absolute Gasteiger partial charge is 0.388 e. The van der Waals surface area contributed by atoms with E-state index >= 15 is 0 Å². The Morgan fingerprint density at radius 2 is 2.25 bits per heavy atom. The average Bonchev–Trinajstić information content (AvgIpc) is 2.29. The molecule has 2 rings (SSSR count). The number of anilines is 2. The van der Waals surface area contributed by atoms with E-state index in [1.165, 1.54) is 0 Å². The number of fused-ring (bicyclic) bond motifs is 1. The van der Waals surface area contributed by atoms with E-state index < -0.39 is 0 Å². The van der Waals surface area contributed by atoms with Crippen molar-refractivity contribution < 1.29 is 4.79 Å². The van der Waals surface area contributed by atoms with Crippen LogP contribution in [0.3, 0.4) is 0 Å². The van der Waals surface area contributed by atoms with E-state index in [0.29, 0.717) is 0 Å². The Balaban J connectivity index is 2.51. The molecule has 0 spiro atoms. The predicted molar refractivity (Wildman–Crippen MR) is 66.2 cm³/mol. The highest BCUT2D eigenvalue weighted by Crippen LogP contribution is 2.27. The molecule has 0 atom stereocenters. The minimum Gasteiger partial charge on any atom is -0.388 e. The summed E-state index contributed by atoms with van der Waals surface area (Å²) in [6.07, 6.45) is 0.898. The van der Waals surface area contributed by atoms with Crippen molar-refractivity contribution in [1.29, 1.82) is 0 Å². The van der Waals surface area contributed by atoms with Gasteiger partial charge in [-0.2, -0.15) is 0 Å². The lowest BCUT2D eigenvalue weighted by molar-refractivity contribution is 0.0947. The summed E-state index contributed by atoms with van der Waals surface area (Å²) >= 11 is 0. The molecule has 16 heavy (non-hydrogen) atoms. The fourth-order valence-electron chi connectivity index (χ4n) is 2.04. The van der Waals surface area contributed by atoms with Gasteiger partial charge in [-0.05, 0) is 31.0 Å². The van der Waals surface area contributed by atoms with Gasteiger partial charge in [0.1, 0.15) is 0 Å². The summed E-state index contributed by atoms with van der Waals surface area (Å²) < 4.78 is 0. The molecule has 1 aromatic rings. The van der Waals surface area contributed by atoms with Crippen molar-refractivity contribution in [1.82, 2.24) is 5.32 Å². The minimum absolute atomic E-state index is 0.0276. The van der Waals surface area contributed by atoms with Crippen LogP contribution in [0.1, 0.15) is 22.8 Å². The van der Waals surface area contributed by atoms with E-state index in [1.54, 1.807) is 0 Å². The lowest BCUT2D eigenvalue weighted by atomic mass is 9.97. The first-order chi connectivity index (χ1) is 7.76. The van der Waals surface area contributed by atoms with E-state index in [0.717, 1.165) is 42.0 Å². The van der Waals surface area contributed by atoms with Gasteiger partial charge in [0, 0.05) is 31.5 Å². The van der Waals surface area contributed by atoms with Crippen LogP contribution in [0.5, 0.6) is 0 Å². The van der Waals surface area contributed by atoms with Crippen molar-refractivity contribution in [3.63, 3.8) is 0 Å². The molecule has 0 radical (unpaired) electrons. The summed E-state index contributed by atoms with van der Waals surface area (Å²) in [7, 11) is 1.89. The molecule has 4 nitrogen and oxygen atoms in total. The van der Waals surface area contributed by atoms with E-state index in [1.807, 2.05) is 20.0 Å². The van der Waals surface area contributed by atoms with Gasteiger partial charge in [0.2, 0.25) is 0 Å². The molecule has 3 N–H and O–H groups in total. The molecule has 0 fully saturated rings. The van der Waals surface area contributed by atoms with Gasteiger partial charge >= 0.3 is 0 Å². The number of nitrogens with one attached hydrogen (secondary N) is 3. The minimum atomic E-state index is 0.0276. The molecular formula is C12H17N3O. The summed E-state index contributed by atoms with van der Waals surface area (Å²) in [4.78, 5) is 11.8. The molecule has 0 aromatic heterocycles. The Labute approximate surface area is 95.4 Å². The molecule has 0 unspecified atom stereocenters. The summed E-state index contributed by atoms with van der Waals surface area (Å²) in [6, 6.07) is 4.03. The first-order valence-corrected chi connectivity index (χ1v) is 5.63. The molecule has 1 heterocycles. The molecule has 0 saturated carbocycles. The zero-order valence-electron chi connectivity index (χ0n) is 9.68. The molecule has 1 aromatic carbocycles. The second kappa shape index (κ2) is 4.43. The molecule has 1 amide bonds. The summed E-state index contributed by atoms with van der Waals surface area (Å²) in [5, 5.41) is 9.23. The SMILES string of the molecule is CCNc1cc(NC)cc2c1C(=O)NCC2. The maximum Gasteiger partial charge on any atom is 0.253 e.